The number of hydrogen-bond acceptors (Lipinski definition) is 2. The fourth-order valence-corrected chi connectivity index (χ4v) is 1.50. The summed E-state index contributed by atoms with van der Waals surface area (Å²) in [4.78, 5) is 4.31. The third kappa shape index (κ3) is 2.33. The Labute approximate surface area is 97.1 Å². The van der Waals surface area contributed by atoms with Gasteiger partial charge in [0, 0.05) is 22.8 Å². The second-order valence-electron chi connectivity index (χ2n) is 3.11. The summed E-state index contributed by atoms with van der Waals surface area (Å²) < 4.78 is 2.95. The van der Waals surface area contributed by atoms with Crippen LogP contribution in [0.25, 0.3) is 0 Å². The maximum Gasteiger partial charge on any atom is 0.200 e. The molecule has 0 fully saturated rings. The van der Waals surface area contributed by atoms with Crippen LogP contribution in [0.4, 0.5) is 5.82 Å². The highest BCUT2D eigenvalue weighted by molar-refractivity contribution is 9.10. The van der Waals surface area contributed by atoms with Crippen molar-refractivity contribution in [1.29, 1.82) is 0 Å². The fourth-order valence-electron chi connectivity index (χ4n) is 1.27. The molecule has 0 spiro atoms. The molecule has 0 aliphatic rings. The molecule has 2 rings (SSSR count). The van der Waals surface area contributed by atoms with Crippen molar-refractivity contribution in [1.82, 2.24) is 4.98 Å². The van der Waals surface area contributed by atoms with Gasteiger partial charge < -0.3 is 0 Å². The Morgan fingerprint density at radius 2 is 1.93 bits per heavy atom. The zero-order valence-electron chi connectivity index (χ0n) is 8.34. The van der Waals surface area contributed by atoms with E-state index in [1.165, 1.54) is 0 Å². The average molecular weight is 265 g/mol. The molecule has 0 atom stereocenters. The van der Waals surface area contributed by atoms with Gasteiger partial charge in [0.15, 0.2) is 18.2 Å². The first-order valence-corrected chi connectivity index (χ1v) is 5.38. The minimum absolute atomic E-state index is 0.898. The summed E-state index contributed by atoms with van der Waals surface area (Å²) in [7, 11) is 1.97. The molecule has 0 amide bonds. The van der Waals surface area contributed by atoms with Gasteiger partial charge in [-0.15, -0.1) is 5.01 Å². The standard InChI is InChI=1S/C11H11BrN3/c1-14(15-7-3-2-4-8-15)11-6-5-10(12)9-13-11/h2-9H,1H3/q+1. The summed E-state index contributed by atoms with van der Waals surface area (Å²) in [5.74, 6) is 0.898. The number of anilines is 1. The number of hydrogen-bond donors (Lipinski definition) is 0. The van der Waals surface area contributed by atoms with E-state index in [-0.39, 0.29) is 0 Å². The van der Waals surface area contributed by atoms with Gasteiger partial charge in [0.1, 0.15) is 0 Å². The molecule has 0 N–H and O–H groups in total. The molecule has 4 heteroatoms. The molecule has 0 radical (unpaired) electrons. The van der Waals surface area contributed by atoms with Crippen molar-refractivity contribution in [3.8, 4) is 0 Å². The van der Waals surface area contributed by atoms with E-state index in [9.17, 15) is 0 Å². The van der Waals surface area contributed by atoms with E-state index in [2.05, 4.69) is 20.9 Å². The molecule has 0 aromatic carbocycles. The van der Waals surface area contributed by atoms with E-state index in [0.717, 1.165) is 10.3 Å². The molecule has 0 aliphatic carbocycles. The summed E-state index contributed by atoms with van der Waals surface area (Å²) in [6.07, 6.45) is 5.74. The van der Waals surface area contributed by atoms with E-state index in [1.54, 1.807) is 6.20 Å². The number of pyridine rings is 2. The van der Waals surface area contributed by atoms with Crippen molar-refractivity contribution in [3.63, 3.8) is 0 Å². The zero-order chi connectivity index (χ0) is 10.7. The summed E-state index contributed by atoms with van der Waals surface area (Å²) in [5, 5.41) is 1.96. The highest BCUT2D eigenvalue weighted by atomic mass is 79.9. The number of halogens is 1. The lowest BCUT2D eigenvalue weighted by atomic mass is 10.4. The lowest BCUT2D eigenvalue weighted by Gasteiger charge is -2.10. The third-order valence-electron chi connectivity index (χ3n) is 2.09. The molecule has 2 aromatic rings. The van der Waals surface area contributed by atoms with Crippen LogP contribution in [0.1, 0.15) is 0 Å². The van der Waals surface area contributed by atoms with Gasteiger partial charge in [0.25, 0.3) is 0 Å². The molecule has 0 saturated heterocycles. The quantitative estimate of drug-likeness (QED) is 0.774. The topological polar surface area (TPSA) is 20.0 Å². The van der Waals surface area contributed by atoms with Crippen LogP contribution in [0.15, 0.2) is 53.4 Å². The highest BCUT2D eigenvalue weighted by Gasteiger charge is 2.09. The van der Waals surface area contributed by atoms with Gasteiger partial charge in [0.2, 0.25) is 0 Å². The minimum Gasteiger partial charge on any atom is -0.233 e. The van der Waals surface area contributed by atoms with Gasteiger partial charge in [0.05, 0.1) is 7.05 Å². The fraction of sp³-hybridized carbons (Fsp3) is 0.0909. The Morgan fingerprint density at radius 3 is 2.53 bits per heavy atom. The maximum absolute atomic E-state index is 4.31. The monoisotopic (exact) mass is 264 g/mol. The van der Waals surface area contributed by atoms with Crippen LogP contribution in [0.5, 0.6) is 0 Å². The maximum atomic E-state index is 4.31. The predicted molar refractivity (Wildman–Crippen MR) is 62.4 cm³/mol. The average Bonchev–Trinajstić information content (AvgIpc) is 2.30. The van der Waals surface area contributed by atoms with Crippen molar-refractivity contribution < 1.29 is 4.68 Å². The van der Waals surface area contributed by atoms with E-state index in [4.69, 9.17) is 0 Å². The predicted octanol–water partition coefficient (Wildman–Crippen LogP) is 2.03. The van der Waals surface area contributed by atoms with Crippen molar-refractivity contribution in [2.45, 2.75) is 0 Å². The van der Waals surface area contributed by atoms with Gasteiger partial charge in [-0.1, -0.05) is 10.7 Å². The lowest BCUT2D eigenvalue weighted by Crippen LogP contribution is -2.51. The van der Waals surface area contributed by atoms with Gasteiger partial charge >= 0.3 is 0 Å². The van der Waals surface area contributed by atoms with Gasteiger partial charge in [-0.3, -0.25) is 0 Å². The molecule has 0 saturated carbocycles. The van der Waals surface area contributed by atoms with E-state index in [0.29, 0.717) is 0 Å². The first-order valence-electron chi connectivity index (χ1n) is 4.59. The van der Waals surface area contributed by atoms with Crippen LogP contribution < -0.4 is 9.69 Å². The number of aromatic nitrogens is 2. The van der Waals surface area contributed by atoms with Crippen LogP contribution in [-0.2, 0) is 0 Å². The molecule has 15 heavy (non-hydrogen) atoms. The van der Waals surface area contributed by atoms with E-state index in [1.807, 2.05) is 59.5 Å². The molecule has 2 heterocycles. The van der Waals surface area contributed by atoms with Crippen LogP contribution in [0.3, 0.4) is 0 Å². The molecule has 76 valence electrons. The third-order valence-corrected chi connectivity index (χ3v) is 2.56. The number of nitrogens with zero attached hydrogens (tertiary/aromatic N) is 3. The second-order valence-corrected chi connectivity index (χ2v) is 4.03. The van der Waals surface area contributed by atoms with Crippen molar-refractivity contribution in [2.75, 3.05) is 12.1 Å². The van der Waals surface area contributed by atoms with Crippen LogP contribution in [-0.4, -0.2) is 12.0 Å². The zero-order valence-corrected chi connectivity index (χ0v) is 9.92. The van der Waals surface area contributed by atoms with Gasteiger partial charge in [-0.05, 0) is 28.1 Å². The summed E-state index contributed by atoms with van der Waals surface area (Å²) >= 11 is 3.36. The first-order chi connectivity index (χ1) is 7.27. The van der Waals surface area contributed by atoms with Crippen LogP contribution >= 0.6 is 15.9 Å². The van der Waals surface area contributed by atoms with Crippen molar-refractivity contribution in [2.24, 2.45) is 0 Å². The van der Waals surface area contributed by atoms with Crippen molar-refractivity contribution >= 4 is 21.7 Å². The lowest BCUT2D eigenvalue weighted by molar-refractivity contribution is -0.681. The van der Waals surface area contributed by atoms with E-state index >= 15 is 0 Å². The summed E-state index contributed by atoms with van der Waals surface area (Å²) in [5.41, 5.74) is 0. The molecule has 2 aromatic heterocycles. The Balaban J connectivity index is 2.29. The van der Waals surface area contributed by atoms with Crippen LogP contribution in [0, 0.1) is 0 Å². The van der Waals surface area contributed by atoms with E-state index < -0.39 is 0 Å². The molecular formula is C11H11BrN3+. The van der Waals surface area contributed by atoms with Gasteiger partial charge in [-0.2, -0.15) is 0 Å². The van der Waals surface area contributed by atoms with Gasteiger partial charge in [-0.25, -0.2) is 4.98 Å². The summed E-state index contributed by atoms with van der Waals surface area (Å²) in [6.45, 7) is 0. The first kappa shape index (κ1) is 10.1. The molecular weight excluding hydrogens is 254 g/mol. The highest BCUT2D eigenvalue weighted by Crippen LogP contribution is 2.11. The molecule has 3 nitrogen and oxygen atoms in total. The minimum atomic E-state index is 0.898. The Bertz CT molecular complexity index is 427. The normalized spacial score (nSPS) is 10.0. The summed E-state index contributed by atoms with van der Waals surface area (Å²) in [6, 6.07) is 9.89. The Morgan fingerprint density at radius 1 is 1.20 bits per heavy atom. The Hall–Kier alpha value is -1.42. The molecule has 0 unspecified atom stereocenters. The van der Waals surface area contributed by atoms with Crippen molar-refractivity contribution in [3.05, 3.63) is 53.4 Å². The largest absolute Gasteiger partial charge is 0.233 e. The second kappa shape index (κ2) is 4.40. The van der Waals surface area contributed by atoms with Crippen LogP contribution in [0.2, 0.25) is 0 Å². The number of rotatable bonds is 2. The smallest absolute Gasteiger partial charge is 0.200 e. The molecule has 0 aliphatic heterocycles. The molecule has 0 bridgehead atoms. The Kier molecular flexibility index (Phi) is 2.97. The SMILES string of the molecule is CN(c1ccc(Br)cn1)[n+]1ccccc1.